The van der Waals surface area contributed by atoms with E-state index in [9.17, 15) is 4.79 Å². The summed E-state index contributed by atoms with van der Waals surface area (Å²) in [4.78, 5) is 11.9. The lowest BCUT2D eigenvalue weighted by molar-refractivity contribution is -0.697. The third-order valence-electron chi connectivity index (χ3n) is 3.04. The van der Waals surface area contributed by atoms with Gasteiger partial charge >= 0.3 is 0 Å². The number of hydrogen-bond acceptors (Lipinski definition) is 3. The lowest BCUT2D eigenvalue weighted by Crippen LogP contribution is -2.97. The molecule has 1 aliphatic heterocycles. The molecule has 2 heterocycles. The van der Waals surface area contributed by atoms with Crippen molar-refractivity contribution < 1.29 is 19.3 Å². The van der Waals surface area contributed by atoms with Gasteiger partial charge < -0.3 is 14.5 Å². The molecule has 0 bridgehead atoms. The van der Waals surface area contributed by atoms with Gasteiger partial charge in [0.05, 0.1) is 6.26 Å². The second kappa shape index (κ2) is 7.00. The molecular formula is C12H16Cl3N2O3+. The maximum absolute atomic E-state index is 11.9. The highest BCUT2D eigenvalue weighted by Crippen LogP contribution is 2.27. The number of furan rings is 1. The van der Waals surface area contributed by atoms with Crippen molar-refractivity contribution in [2.75, 3.05) is 13.2 Å². The molecule has 1 aromatic rings. The van der Waals surface area contributed by atoms with Gasteiger partial charge in [0, 0.05) is 6.61 Å². The number of carbonyl (C=O) groups is 1. The Bertz CT molecular complexity index is 428. The van der Waals surface area contributed by atoms with Crippen LogP contribution >= 0.6 is 34.8 Å². The first-order valence-electron chi connectivity index (χ1n) is 6.33. The van der Waals surface area contributed by atoms with Crippen LogP contribution in [0.1, 0.15) is 23.4 Å². The summed E-state index contributed by atoms with van der Waals surface area (Å²) in [5.74, 6) is -0.246. The third-order valence-corrected chi connectivity index (χ3v) is 3.75. The number of halogens is 3. The molecule has 2 rings (SSSR count). The molecule has 0 saturated carbocycles. The van der Waals surface area contributed by atoms with E-state index < -0.39 is 15.9 Å². The van der Waals surface area contributed by atoms with Crippen molar-refractivity contribution in [3.63, 3.8) is 0 Å². The van der Waals surface area contributed by atoms with E-state index in [4.69, 9.17) is 44.0 Å². The van der Waals surface area contributed by atoms with Crippen LogP contribution in [0.2, 0.25) is 0 Å². The van der Waals surface area contributed by atoms with Crippen LogP contribution in [-0.2, 0) is 4.74 Å². The number of hydrogen-bond donors (Lipinski definition) is 2. The minimum Gasteiger partial charge on any atom is -0.459 e. The fourth-order valence-corrected chi connectivity index (χ4v) is 2.44. The van der Waals surface area contributed by atoms with Gasteiger partial charge in [-0.05, 0) is 25.0 Å². The molecule has 5 nitrogen and oxygen atoms in total. The van der Waals surface area contributed by atoms with Gasteiger partial charge in [-0.1, -0.05) is 34.8 Å². The third kappa shape index (κ3) is 4.53. The summed E-state index contributed by atoms with van der Waals surface area (Å²) in [5, 5.41) is 4.41. The van der Waals surface area contributed by atoms with E-state index in [1.54, 1.807) is 17.4 Å². The Morgan fingerprint density at radius 3 is 2.90 bits per heavy atom. The highest BCUT2D eigenvalue weighted by atomic mass is 35.6. The second-order valence-corrected chi connectivity index (χ2v) is 6.95. The van der Waals surface area contributed by atoms with Crippen LogP contribution in [0.5, 0.6) is 0 Å². The quantitative estimate of drug-likeness (QED) is 0.628. The molecule has 1 aliphatic rings. The second-order valence-electron chi connectivity index (χ2n) is 4.58. The topological polar surface area (TPSA) is 68.1 Å². The van der Waals surface area contributed by atoms with Gasteiger partial charge in [0.15, 0.2) is 5.76 Å². The molecule has 20 heavy (non-hydrogen) atoms. The van der Waals surface area contributed by atoms with Crippen molar-refractivity contribution in [1.29, 1.82) is 0 Å². The molecule has 0 aromatic carbocycles. The summed E-state index contributed by atoms with van der Waals surface area (Å²) in [5.41, 5.74) is 0. The van der Waals surface area contributed by atoms with E-state index in [-0.39, 0.29) is 11.9 Å². The van der Waals surface area contributed by atoms with E-state index in [1.807, 2.05) is 0 Å². The van der Waals surface area contributed by atoms with Gasteiger partial charge in [-0.15, -0.1) is 0 Å². The Morgan fingerprint density at radius 1 is 1.55 bits per heavy atom. The number of alkyl halides is 3. The Hall–Kier alpha value is -0.460. The van der Waals surface area contributed by atoms with Gasteiger partial charge in [0.1, 0.15) is 12.6 Å². The first kappa shape index (κ1) is 15.9. The molecule has 2 unspecified atom stereocenters. The molecule has 0 aliphatic carbocycles. The van der Waals surface area contributed by atoms with Crippen LogP contribution < -0.4 is 10.6 Å². The summed E-state index contributed by atoms with van der Waals surface area (Å²) in [6, 6.07) is 3.17. The number of ether oxygens (including phenoxy) is 1. The number of nitrogens with two attached hydrogens (primary N) is 1. The average molecular weight is 343 g/mol. The van der Waals surface area contributed by atoms with Gasteiger partial charge in [-0.3, -0.25) is 10.1 Å². The number of rotatable bonds is 5. The minimum atomic E-state index is -1.62. The molecular weight excluding hydrogens is 327 g/mol. The average Bonchev–Trinajstić information content (AvgIpc) is 3.04. The van der Waals surface area contributed by atoms with Gasteiger partial charge in [-0.25, -0.2) is 0 Å². The maximum Gasteiger partial charge on any atom is 0.291 e. The van der Waals surface area contributed by atoms with Gasteiger partial charge in [0.25, 0.3) is 9.70 Å². The molecule has 0 spiro atoms. The van der Waals surface area contributed by atoms with Crippen molar-refractivity contribution in [1.82, 2.24) is 5.32 Å². The van der Waals surface area contributed by atoms with E-state index >= 15 is 0 Å². The number of quaternary nitrogens is 1. The Morgan fingerprint density at radius 2 is 2.35 bits per heavy atom. The zero-order valence-corrected chi connectivity index (χ0v) is 12.9. The fourth-order valence-electron chi connectivity index (χ4n) is 2.01. The molecule has 112 valence electrons. The van der Waals surface area contributed by atoms with Crippen LogP contribution in [-0.4, -0.2) is 35.1 Å². The number of amides is 1. The summed E-state index contributed by atoms with van der Waals surface area (Å²) in [7, 11) is 0. The molecule has 1 amide bonds. The molecule has 2 atom stereocenters. The summed E-state index contributed by atoms with van der Waals surface area (Å²) in [6.45, 7) is 1.38. The first-order valence-corrected chi connectivity index (χ1v) is 7.46. The fraction of sp³-hybridized carbons (Fsp3) is 0.583. The summed E-state index contributed by atoms with van der Waals surface area (Å²) < 4.78 is 8.88. The largest absolute Gasteiger partial charge is 0.459 e. The highest BCUT2D eigenvalue weighted by molar-refractivity contribution is 6.68. The molecule has 1 saturated heterocycles. The Kier molecular flexibility index (Phi) is 5.57. The lowest BCUT2D eigenvalue weighted by Gasteiger charge is -2.24. The predicted molar refractivity (Wildman–Crippen MR) is 76.0 cm³/mol. The van der Waals surface area contributed by atoms with Crippen molar-refractivity contribution in [2.45, 2.75) is 28.9 Å². The van der Waals surface area contributed by atoms with Crippen LogP contribution in [0, 0.1) is 0 Å². The highest BCUT2D eigenvalue weighted by Gasteiger charge is 2.38. The van der Waals surface area contributed by atoms with Gasteiger partial charge in [0.2, 0.25) is 6.17 Å². The normalized spacial score (nSPS) is 20.9. The standard InChI is InChI=1S/C12H15Cl3N2O3/c13-12(14,15)11(16-7-8-3-1-5-19-8)17-10(18)9-4-2-6-20-9/h2,4,6,8,11,16H,1,3,5,7H2,(H,17,18)/p+1. The van der Waals surface area contributed by atoms with Crippen molar-refractivity contribution in [2.24, 2.45) is 0 Å². The zero-order chi connectivity index (χ0) is 14.6. The lowest BCUT2D eigenvalue weighted by atomic mass is 10.2. The predicted octanol–water partition coefficient (Wildman–Crippen LogP) is 1.45. The summed E-state index contributed by atoms with van der Waals surface area (Å²) >= 11 is 17.7. The van der Waals surface area contributed by atoms with Crippen molar-refractivity contribution in [3.8, 4) is 0 Å². The molecule has 3 N–H and O–H groups in total. The first-order chi connectivity index (χ1) is 9.47. The number of carbonyl (C=O) groups excluding carboxylic acids is 1. The van der Waals surface area contributed by atoms with Crippen LogP contribution in [0.4, 0.5) is 0 Å². The van der Waals surface area contributed by atoms with E-state index in [1.165, 1.54) is 6.26 Å². The monoisotopic (exact) mass is 341 g/mol. The van der Waals surface area contributed by atoms with Crippen LogP contribution in [0.15, 0.2) is 22.8 Å². The van der Waals surface area contributed by atoms with E-state index in [0.717, 1.165) is 19.4 Å². The van der Waals surface area contributed by atoms with Crippen molar-refractivity contribution in [3.05, 3.63) is 24.2 Å². The smallest absolute Gasteiger partial charge is 0.291 e. The Labute approximate surface area is 131 Å². The van der Waals surface area contributed by atoms with Crippen LogP contribution in [0.3, 0.4) is 0 Å². The van der Waals surface area contributed by atoms with Crippen molar-refractivity contribution >= 4 is 40.7 Å². The minimum absolute atomic E-state index is 0.130. The van der Waals surface area contributed by atoms with Gasteiger partial charge in [-0.2, -0.15) is 0 Å². The van der Waals surface area contributed by atoms with Crippen LogP contribution in [0.25, 0.3) is 0 Å². The maximum atomic E-state index is 11.9. The van der Waals surface area contributed by atoms with E-state index in [0.29, 0.717) is 6.54 Å². The molecule has 0 radical (unpaired) electrons. The Balaban J connectivity index is 1.91. The molecule has 1 aromatic heterocycles. The van der Waals surface area contributed by atoms with E-state index in [2.05, 4.69) is 5.32 Å². The number of nitrogens with one attached hydrogen (secondary N) is 1. The SMILES string of the molecule is O=C(NC([NH2+]CC1CCCO1)C(Cl)(Cl)Cl)c1ccco1. The summed E-state index contributed by atoms with van der Waals surface area (Å²) in [6.07, 6.45) is 2.85. The molecule has 8 heteroatoms. The zero-order valence-electron chi connectivity index (χ0n) is 10.7. The molecule has 1 fully saturated rings.